The Kier molecular flexibility index (Phi) is 6.52. The summed E-state index contributed by atoms with van der Waals surface area (Å²) < 4.78 is 0. The van der Waals surface area contributed by atoms with Crippen LogP contribution in [0.1, 0.15) is 30.1 Å². The summed E-state index contributed by atoms with van der Waals surface area (Å²) in [4.78, 5) is 29.9. The lowest BCUT2D eigenvalue weighted by atomic mass is 9.94. The van der Waals surface area contributed by atoms with Gasteiger partial charge in [-0.05, 0) is 33.9 Å². The van der Waals surface area contributed by atoms with Gasteiger partial charge in [0, 0.05) is 49.4 Å². The fourth-order valence-corrected chi connectivity index (χ4v) is 3.81. The summed E-state index contributed by atoms with van der Waals surface area (Å²) in [5, 5.41) is 6.10. The molecule has 27 heavy (non-hydrogen) atoms. The SMILES string of the molecule is Cc1csc(Nc2nccnc2[C@H]2CCCN(C(=O)/C=C/CN(C)C)C2)n1. The van der Waals surface area contributed by atoms with E-state index in [4.69, 9.17) is 0 Å². The van der Waals surface area contributed by atoms with E-state index in [1.54, 1.807) is 29.8 Å². The number of rotatable bonds is 6. The normalized spacial score (nSPS) is 17.6. The topological polar surface area (TPSA) is 74.2 Å². The first-order valence-corrected chi connectivity index (χ1v) is 10.0. The Morgan fingerprint density at radius 3 is 2.96 bits per heavy atom. The molecule has 3 heterocycles. The van der Waals surface area contributed by atoms with Gasteiger partial charge in [-0.3, -0.25) is 9.78 Å². The number of anilines is 2. The van der Waals surface area contributed by atoms with E-state index < -0.39 is 0 Å². The number of piperidine rings is 1. The third-order valence-electron chi connectivity index (χ3n) is 4.42. The van der Waals surface area contributed by atoms with Gasteiger partial charge in [0.2, 0.25) is 5.91 Å². The fourth-order valence-electron chi connectivity index (χ4n) is 3.13. The van der Waals surface area contributed by atoms with Gasteiger partial charge in [0.05, 0.1) is 11.4 Å². The van der Waals surface area contributed by atoms with Gasteiger partial charge in [0.25, 0.3) is 0 Å². The molecular formula is C19H26N6OS. The van der Waals surface area contributed by atoms with Gasteiger partial charge in [-0.25, -0.2) is 9.97 Å². The lowest BCUT2D eigenvalue weighted by Crippen LogP contribution is -2.38. The van der Waals surface area contributed by atoms with Gasteiger partial charge in [0.15, 0.2) is 10.9 Å². The molecule has 2 aromatic heterocycles. The second-order valence-electron chi connectivity index (χ2n) is 7.00. The molecule has 0 bridgehead atoms. The third-order valence-corrected chi connectivity index (χ3v) is 5.30. The number of nitrogens with zero attached hydrogens (tertiary/aromatic N) is 5. The first kappa shape index (κ1) is 19.4. The summed E-state index contributed by atoms with van der Waals surface area (Å²) >= 11 is 1.55. The van der Waals surface area contributed by atoms with Crippen molar-refractivity contribution in [1.29, 1.82) is 0 Å². The largest absolute Gasteiger partial charge is 0.338 e. The number of likely N-dealkylation sites (tertiary alicyclic amines) is 1. The number of hydrogen-bond donors (Lipinski definition) is 1. The van der Waals surface area contributed by atoms with Crippen LogP contribution in [0.5, 0.6) is 0 Å². The monoisotopic (exact) mass is 386 g/mol. The van der Waals surface area contributed by atoms with Crippen molar-refractivity contribution in [2.75, 3.05) is 39.0 Å². The van der Waals surface area contributed by atoms with E-state index in [1.165, 1.54) is 0 Å². The van der Waals surface area contributed by atoms with Crippen molar-refractivity contribution in [1.82, 2.24) is 24.8 Å². The van der Waals surface area contributed by atoms with E-state index in [9.17, 15) is 4.79 Å². The Morgan fingerprint density at radius 1 is 1.41 bits per heavy atom. The highest BCUT2D eigenvalue weighted by Gasteiger charge is 2.27. The van der Waals surface area contributed by atoms with Crippen LogP contribution in [0.4, 0.5) is 10.9 Å². The molecule has 7 nitrogen and oxygen atoms in total. The van der Waals surface area contributed by atoms with E-state index in [-0.39, 0.29) is 11.8 Å². The fraction of sp³-hybridized carbons (Fsp3) is 0.474. The predicted molar refractivity (Wildman–Crippen MR) is 108 cm³/mol. The molecule has 1 fully saturated rings. The molecule has 1 aliphatic heterocycles. The molecule has 0 radical (unpaired) electrons. The third kappa shape index (κ3) is 5.33. The first-order valence-electron chi connectivity index (χ1n) is 9.13. The highest BCUT2D eigenvalue weighted by Crippen LogP contribution is 2.31. The van der Waals surface area contributed by atoms with Crippen molar-refractivity contribution < 1.29 is 4.79 Å². The lowest BCUT2D eigenvalue weighted by molar-refractivity contribution is -0.127. The summed E-state index contributed by atoms with van der Waals surface area (Å²) in [6, 6.07) is 0. The predicted octanol–water partition coefficient (Wildman–Crippen LogP) is 2.81. The van der Waals surface area contributed by atoms with Gasteiger partial charge >= 0.3 is 0 Å². The van der Waals surface area contributed by atoms with Crippen molar-refractivity contribution in [2.45, 2.75) is 25.7 Å². The number of carbonyl (C=O) groups excluding carboxylic acids is 1. The van der Waals surface area contributed by atoms with E-state index in [1.807, 2.05) is 42.3 Å². The number of aromatic nitrogens is 3. The minimum Gasteiger partial charge on any atom is -0.338 e. The Hall–Kier alpha value is -2.32. The second kappa shape index (κ2) is 9.05. The zero-order valence-electron chi connectivity index (χ0n) is 16.1. The number of hydrogen-bond acceptors (Lipinski definition) is 7. The number of nitrogens with one attached hydrogen (secondary N) is 1. The highest BCUT2D eigenvalue weighted by atomic mass is 32.1. The zero-order chi connectivity index (χ0) is 19.2. The van der Waals surface area contributed by atoms with Crippen LogP contribution < -0.4 is 5.32 Å². The highest BCUT2D eigenvalue weighted by molar-refractivity contribution is 7.13. The van der Waals surface area contributed by atoms with Crippen molar-refractivity contribution in [3.8, 4) is 0 Å². The maximum Gasteiger partial charge on any atom is 0.246 e. The molecular weight excluding hydrogens is 360 g/mol. The second-order valence-corrected chi connectivity index (χ2v) is 7.86. The zero-order valence-corrected chi connectivity index (χ0v) is 16.9. The van der Waals surface area contributed by atoms with E-state index in [0.717, 1.165) is 48.3 Å². The van der Waals surface area contributed by atoms with E-state index >= 15 is 0 Å². The van der Waals surface area contributed by atoms with Gasteiger partial charge in [0.1, 0.15) is 0 Å². The molecule has 0 spiro atoms. The number of thiazole rings is 1. The average molecular weight is 387 g/mol. The molecule has 3 rings (SSSR count). The maximum absolute atomic E-state index is 12.5. The van der Waals surface area contributed by atoms with Crippen LogP contribution in [0.2, 0.25) is 0 Å². The summed E-state index contributed by atoms with van der Waals surface area (Å²) in [6.45, 7) is 4.17. The smallest absolute Gasteiger partial charge is 0.246 e. The van der Waals surface area contributed by atoms with Gasteiger partial charge in [-0.2, -0.15) is 0 Å². The Bertz CT molecular complexity index is 803. The van der Waals surface area contributed by atoms with Gasteiger partial charge in [-0.15, -0.1) is 11.3 Å². The van der Waals surface area contributed by atoms with Crippen LogP contribution in [0.3, 0.4) is 0 Å². The molecule has 8 heteroatoms. The molecule has 1 saturated heterocycles. The summed E-state index contributed by atoms with van der Waals surface area (Å²) in [5.74, 6) is 0.965. The molecule has 0 saturated carbocycles. The summed E-state index contributed by atoms with van der Waals surface area (Å²) in [6.07, 6.45) is 8.94. The standard InChI is InChI=1S/C19H26N6OS/c1-14-13-27-19(22-14)23-18-17(20-8-9-21-18)15-6-4-11-25(12-15)16(26)7-5-10-24(2)3/h5,7-9,13,15H,4,6,10-12H2,1-3H3,(H,21,22,23)/b7-5+/t15-/m0/s1. The number of likely N-dealkylation sites (N-methyl/N-ethyl adjacent to an activating group) is 1. The Labute approximate surface area is 164 Å². The van der Waals surface area contributed by atoms with Crippen molar-refractivity contribution in [3.05, 3.63) is 41.3 Å². The summed E-state index contributed by atoms with van der Waals surface area (Å²) in [5.41, 5.74) is 1.88. The molecule has 0 aromatic carbocycles. The lowest BCUT2D eigenvalue weighted by Gasteiger charge is -2.32. The number of aryl methyl sites for hydroxylation is 1. The molecule has 1 atom stereocenters. The molecule has 2 aromatic rings. The molecule has 1 amide bonds. The quantitative estimate of drug-likeness (QED) is 0.770. The van der Waals surface area contributed by atoms with Crippen molar-refractivity contribution in [3.63, 3.8) is 0 Å². The average Bonchev–Trinajstić information content (AvgIpc) is 3.06. The number of amides is 1. The van der Waals surface area contributed by atoms with E-state index in [2.05, 4.69) is 20.3 Å². The molecule has 1 aliphatic rings. The van der Waals surface area contributed by atoms with Crippen molar-refractivity contribution >= 4 is 28.2 Å². The van der Waals surface area contributed by atoms with Crippen LogP contribution in [-0.2, 0) is 4.79 Å². The Balaban J connectivity index is 1.71. The van der Waals surface area contributed by atoms with Crippen molar-refractivity contribution in [2.24, 2.45) is 0 Å². The minimum absolute atomic E-state index is 0.0653. The van der Waals surface area contributed by atoms with Crippen LogP contribution >= 0.6 is 11.3 Å². The summed E-state index contributed by atoms with van der Waals surface area (Å²) in [7, 11) is 3.97. The molecule has 0 aliphatic carbocycles. The minimum atomic E-state index is 0.0653. The van der Waals surface area contributed by atoms with Crippen LogP contribution in [0, 0.1) is 6.92 Å². The molecule has 0 unspecified atom stereocenters. The van der Waals surface area contributed by atoms with Crippen LogP contribution in [-0.4, -0.2) is 64.4 Å². The van der Waals surface area contributed by atoms with E-state index in [0.29, 0.717) is 6.54 Å². The van der Waals surface area contributed by atoms with Crippen LogP contribution in [0.25, 0.3) is 0 Å². The number of carbonyl (C=O) groups is 1. The van der Waals surface area contributed by atoms with Gasteiger partial charge < -0.3 is 15.1 Å². The first-order chi connectivity index (χ1) is 13.0. The Morgan fingerprint density at radius 2 is 2.22 bits per heavy atom. The van der Waals surface area contributed by atoms with Gasteiger partial charge in [-0.1, -0.05) is 6.08 Å². The van der Waals surface area contributed by atoms with Crippen LogP contribution in [0.15, 0.2) is 29.9 Å². The molecule has 144 valence electrons. The molecule has 1 N–H and O–H groups in total. The maximum atomic E-state index is 12.5.